The van der Waals surface area contributed by atoms with Gasteiger partial charge in [0.15, 0.2) is 0 Å². The van der Waals surface area contributed by atoms with Gasteiger partial charge in [-0.05, 0) is 42.4 Å². The first-order valence-electron chi connectivity index (χ1n) is 6.74. The summed E-state index contributed by atoms with van der Waals surface area (Å²) >= 11 is 0. The van der Waals surface area contributed by atoms with Gasteiger partial charge in [-0.25, -0.2) is 0 Å². The van der Waals surface area contributed by atoms with E-state index in [0.717, 1.165) is 27.9 Å². The van der Waals surface area contributed by atoms with E-state index in [1.54, 1.807) is 0 Å². The number of hydrogen-bond acceptors (Lipinski definition) is 2. The Labute approximate surface area is 112 Å². The second-order valence-corrected chi connectivity index (χ2v) is 11.0. The van der Waals surface area contributed by atoms with Crippen LogP contribution in [0.2, 0.25) is 5.54 Å². The summed E-state index contributed by atoms with van der Waals surface area (Å²) in [6.45, 7) is 10.0. The van der Waals surface area contributed by atoms with E-state index < -0.39 is 0 Å². The van der Waals surface area contributed by atoms with Crippen molar-refractivity contribution in [1.29, 1.82) is 0 Å². The summed E-state index contributed by atoms with van der Waals surface area (Å²) in [6.07, 6.45) is 4.42. The van der Waals surface area contributed by atoms with Crippen LogP contribution in [-0.4, -0.2) is 14.8 Å². The van der Waals surface area contributed by atoms with E-state index in [9.17, 15) is 0 Å². The first-order valence-corrected chi connectivity index (χ1v) is 10.2. The lowest BCUT2D eigenvalue weighted by Crippen LogP contribution is -2.32. The maximum absolute atomic E-state index is 2.56. The maximum atomic E-state index is 2.56. The van der Waals surface area contributed by atoms with Gasteiger partial charge in [-0.3, -0.25) is 0 Å². The second-order valence-electron chi connectivity index (χ2n) is 6.74. The Morgan fingerprint density at radius 1 is 1.12 bits per heavy atom. The van der Waals surface area contributed by atoms with Crippen LogP contribution < -0.4 is 0 Å². The average molecular weight is 275 g/mol. The van der Waals surface area contributed by atoms with Gasteiger partial charge >= 0.3 is 0 Å². The van der Waals surface area contributed by atoms with Crippen molar-refractivity contribution in [3.05, 3.63) is 0 Å². The van der Waals surface area contributed by atoms with Crippen molar-refractivity contribution in [3.8, 4) is 0 Å². The van der Waals surface area contributed by atoms with Crippen molar-refractivity contribution in [2.45, 2.75) is 57.1 Å². The molecule has 1 saturated heterocycles. The first kappa shape index (κ1) is 13.4. The normalized spacial score (nSPS) is 51.0. The molecular formula is C13H26S2Si. The molecule has 0 radical (unpaired) electrons. The third-order valence-corrected chi connectivity index (χ3v) is 9.07. The fourth-order valence-electron chi connectivity index (χ4n) is 3.75. The number of rotatable bonds is 1. The molecule has 0 amide bonds. The second kappa shape index (κ2) is 4.89. The van der Waals surface area contributed by atoms with Crippen LogP contribution in [0.1, 0.15) is 47.0 Å². The molecule has 2 fully saturated rings. The van der Waals surface area contributed by atoms with Gasteiger partial charge in [0.25, 0.3) is 0 Å². The van der Waals surface area contributed by atoms with E-state index in [2.05, 4.69) is 49.3 Å². The van der Waals surface area contributed by atoms with Crippen molar-refractivity contribution in [3.63, 3.8) is 0 Å². The SMILES string of the molecule is CC1C[C@@H](C)CC(C)(C2SS2)C[C@H]([SiH3])[C@H]1C. The molecule has 5 atom stereocenters. The molecule has 0 nitrogen and oxygen atoms in total. The van der Waals surface area contributed by atoms with Gasteiger partial charge in [-0.15, -0.1) is 0 Å². The molecule has 2 unspecified atom stereocenters. The van der Waals surface area contributed by atoms with Gasteiger partial charge in [-0.1, -0.05) is 54.8 Å². The molecule has 16 heavy (non-hydrogen) atoms. The lowest BCUT2D eigenvalue weighted by Gasteiger charge is -2.41. The molecule has 0 bridgehead atoms. The predicted molar refractivity (Wildman–Crippen MR) is 82.1 cm³/mol. The first-order chi connectivity index (χ1) is 7.42. The topological polar surface area (TPSA) is 0 Å². The van der Waals surface area contributed by atoms with Gasteiger partial charge in [-0.2, -0.15) is 0 Å². The Bertz CT molecular complexity index is 254. The summed E-state index contributed by atoms with van der Waals surface area (Å²) in [4.78, 5) is 0. The minimum atomic E-state index is 0.634. The highest BCUT2D eigenvalue weighted by atomic mass is 33.2. The zero-order chi connectivity index (χ0) is 11.9. The fraction of sp³-hybridized carbons (Fsp3) is 1.00. The zero-order valence-electron chi connectivity index (χ0n) is 11.3. The highest BCUT2D eigenvalue weighted by molar-refractivity contribution is 8.92. The van der Waals surface area contributed by atoms with Crippen LogP contribution in [0.4, 0.5) is 0 Å². The molecule has 1 aliphatic carbocycles. The van der Waals surface area contributed by atoms with E-state index >= 15 is 0 Å². The van der Waals surface area contributed by atoms with Crippen LogP contribution in [0.25, 0.3) is 0 Å². The summed E-state index contributed by atoms with van der Waals surface area (Å²) in [5, 5.41) is 0. The quantitative estimate of drug-likeness (QED) is 0.403. The lowest BCUT2D eigenvalue weighted by molar-refractivity contribution is 0.160. The highest BCUT2D eigenvalue weighted by Crippen LogP contribution is 2.66. The molecule has 2 rings (SSSR count). The Morgan fingerprint density at radius 2 is 1.75 bits per heavy atom. The summed E-state index contributed by atoms with van der Waals surface area (Å²) < 4.78 is 0.923. The van der Waals surface area contributed by atoms with Crippen LogP contribution in [0, 0.1) is 23.2 Å². The van der Waals surface area contributed by atoms with Crippen LogP contribution in [-0.2, 0) is 0 Å². The fourth-order valence-corrected chi connectivity index (χ4v) is 7.80. The summed E-state index contributed by atoms with van der Waals surface area (Å²) in [5.41, 5.74) is 1.67. The summed E-state index contributed by atoms with van der Waals surface area (Å²) in [5.74, 6) is 2.84. The van der Waals surface area contributed by atoms with E-state index in [0.29, 0.717) is 5.41 Å². The zero-order valence-corrected chi connectivity index (χ0v) is 15.0. The van der Waals surface area contributed by atoms with Crippen molar-refractivity contribution in [1.82, 2.24) is 0 Å². The smallest absolute Gasteiger partial charge is 0.0763 e. The molecule has 0 aromatic heterocycles. The highest BCUT2D eigenvalue weighted by Gasteiger charge is 2.46. The van der Waals surface area contributed by atoms with Crippen molar-refractivity contribution in [2.75, 3.05) is 0 Å². The van der Waals surface area contributed by atoms with Crippen LogP contribution in [0.3, 0.4) is 0 Å². The van der Waals surface area contributed by atoms with Crippen LogP contribution in [0.15, 0.2) is 0 Å². The van der Waals surface area contributed by atoms with Crippen molar-refractivity contribution >= 4 is 31.8 Å². The monoisotopic (exact) mass is 274 g/mol. The lowest BCUT2D eigenvalue weighted by atomic mass is 9.70. The van der Waals surface area contributed by atoms with Gasteiger partial charge < -0.3 is 0 Å². The Kier molecular flexibility index (Phi) is 4.08. The van der Waals surface area contributed by atoms with E-state index in [1.165, 1.54) is 29.5 Å². The van der Waals surface area contributed by atoms with E-state index in [4.69, 9.17) is 0 Å². The predicted octanol–water partition coefficient (Wildman–Crippen LogP) is 3.96. The molecule has 1 saturated carbocycles. The van der Waals surface area contributed by atoms with E-state index in [1.807, 2.05) is 0 Å². The summed E-state index contributed by atoms with van der Waals surface area (Å²) in [6, 6.07) is 0. The summed E-state index contributed by atoms with van der Waals surface area (Å²) in [7, 11) is 5.64. The van der Waals surface area contributed by atoms with Crippen molar-refractivity contribution in [2.24, 2.45) is 23.2 Å². The Morgan fingerprint density at radius 3 is 2.31 bits per heavy atom. The van der Waals surface area contributed by atoms with Crippen molar-refractivity contribution < 1.29 is 0 Å². The standard InChI is InChI=1S/C13H26S2Si/c1-8-5-9(2)10(3)11(16)7-13(4,6-8)12-14-15-12/h8-12H,5-7H2,1-4,16H3/t8-,9?,10+,11+,13?/m1/s1. The molecule has 0 N–H and O–H groups in total. The Hall–Kier alpha value is 0.917. The molecule has 1 aliphatic heterocycles. The minimum Gasteiger partial charge on any atom is -0.0770 e. The maximum Gasteiger partial charge on any atom is 0.0763 e. The molecular weight excluding hydrogens is 248 g/mol. The molecule has 2 aliphatic rings. The van der Waals surface area contributed by atoms with Gasteiger partial charge in [0.1, 0.15) is 0 Å². The molecule has 3 heteroatoms. The van der Waals surface area contributed by atoms with Gasteiger partial charge in [0.05, 0.1) is 4.58 Å². The molecule has 1 heterocycles. The molecule has 0 aromatic carbocycles. The van der Waals surface area contributed by atoms with Crippen LogP contribution >= 0.6 is 21.6 Å². The van der Waals surface area contributed by atoms with E-state index in [-0.39, 0.29) is 0 Å². The van der Waals surface area contributed by atoms with Gasteiger partial charge in [0, 0.05) is 10.2 Å². The largest absolute Gasteiger partial charge is 0.0770 e. The molecule has 0 spiro atoms. The number of hydrogen-bond donors (Lipinski definition) is 0. The molecule has 94 valence electrons. The third kappa shape index (κ3) is 2.84. The van der Waals surface area contributed by atoms with Gasteiger partial charge in [0.2, 0.25) is 0 Å². The molecule has 0 aromatic rings. The average Bonchev–Trinajstić information content (AvgIpc) is 2.97. The third-order valence-electron chi connectivity index (χ3n) is 4.93. The Balaban J connectivity index is 2.11. The van der Waals surface area contributed by atoms with Crippen LogP contribution in [0.5, 0.6) is 0 Å². The minimum absolute atomic E-state index is 0.634.